The van der Waals surface area contributed by atoms with Crippen LogP contribution in [0.4, 0.5) is 10.1 Å². The number of fused-ring (bicyclic) bond motifs is 1. The van der Waals surface area contributed by atoms with E-state index in [1.54, 1.807) is 12.1 Å². The summed E-state index contributed by atoms with van der Waals surface area (Å²) >= 11 is 0. The number of halogens is 1. The van der Waals surface area contributed by atoms with Gasteiger partial charge in [0.2, 0.25) is 0 Å². The van der Waals surface area contributed by atoms with Gasteiger partial charge in [0.05, 0.1) is 23.5 Å². The molecule has 4 rings (SSSR count). The normalized spacial score (nSPS) is 13.8. The van der Waals surface area contributed by atoms with Gasteiger partial charge in [-0.3, -0.25) is 14.3 Å². The molecule has 0 radical (unpaired) electrons. The second-order valence-electron chi connectivity index (χ2n) is 8.08. The molecule has 0 saturated heterocycles. The summed E-state index contributed by atoms with van der Waals surface area (Å²) in [5, 5.41) is 9.04. The van der Waals surface area contributed by atoms with Crippen LogP contribution in [-0.4, -0.2) is 42.2 Å². The minimum atomic E-state index is -4.12. The Balaban J connectivity index is 1.73. The molecule has 0 amide bonds. The molecule has 178 valence electrons. The van der Waals surface area contributed by atoms with Crippen molar-refractivity contribution in [3.05, 3.63) is 77.4 Å². The van der Waals surface area contributed by atoms with E-state index in [9.17, 15) is 17.6 Å². The van der Waals surface area contributed by atoms with Crippen LogP contribution in [0.3, 0.4) is 0 Å². The average Bonchev–Trinajstić information content (AvgIpc) is 3.28. The third-order valence-corrected chi connectivity index (χ3v) is 7.29. The number of aryl methyl sites for hydroxylation is 2. The van der Waals surface area contributed by atoms with Crippen LogP contribution in [0.15, 0.2) is 59.9 Å². The van der Waals surface area contributed by atoms with Crippen LogP contribution in [0.5, 0.6) is 5.75 Å². The maximum absolute atomic E-state index is 14.2. The van der Waals surface area contributed by atoms with E-state index in [2.05, 4.69) is 9.97 Å². The first kappa shape index (κ1) is 23.6. The lowest BCUT2D eigenvalue weighted by Gasteiger charge is -2.27. The summed E-state index contributed by atoms with van der Waals surface area (Å²) < 4.78 is 48.2. The van der Waals surface area contributed by atoms with Crippen molar-refractivity contribution in [1.82, 2.24) is 9.97 Å². The van der Waals surface area contributed by atoms with Crippen LogP contribution in [0.2, 0.25) is 0 Å². The second-order valence-corrected chi connectivity index (χ2v) is 9.94. The lowest BCUT2D eigenvalue weighted by molar-refractivity contribution is 0.0696. The Labute approximate surface area is 197 Å². The number of anilines is 1. The lowest BCUT2D eigenvalue weighted by atomic mass is 10.1. The molecule has 1 aromatic carbocycles. The van der Waals surface area contributed by atoms with Crippen LogP contribution in [0.25, 0.3) is 0 Å². The van der Waals surface area contributed by atoms with Gasteiger partial charge in [0.15, 0.2) is 0 Å². The minimum absolute atomic E-state index is 0.0162. The van der Waals surface area contributed by atoms with Gasteiger partial charge in [0.1, 0.15) is 23.4 Å². The number of pyridine rings is 2. The summed E-state index contributed by atoms with van der Waals surface area (Å²) in [4.78, 5) is 19.0. The van der Waals surface area contributed by atoms with Crippen molar-refractivity contribution in [2.45, 2.75) is 43.9 Å². The zero-order chi connectivity index (χ0) is 24.3. The van der Waals surface area contributed by atoms with E-state index in [0.29, 0.717) is 5.69 Å². The number of ether oxygens (including phenoxy) is 1. The van der Waals surface area contributed by atoms with Gasteiger partial charge in [-0.1, -0.05) is 0 Å². The maximum Gasteiger partial charge on any atom is 0.337 e. The number of nitrogens with zero attached hydrogens (tertiary/aromatic N) is 3. The zero-order valence-electron chi connectivity index (χ0n) is 18.5. The largest absolute Gasteiger partial charge is 0.485 e. The number of aromatic nitrogens is 2. The Kier molecular flexibility index (Phi) is 6.78. The van der Waals surface area contributed by atoms with E-state index in [1.807, 2.05) is 0 Å². The predicted molar refractivity (Wildman–Crippen MR) is 123 cm³/mol. The second kappa shape index (κ2) is 9.76. The molecule has 1 atom stereocenters. The third-order valence-electron chi connectivity index (χ3n) is 5.53. The number of aromatic carboxylic acids is 1. The van der Waals surface area contributed by atoms with E-state index in [-0.39, 0.29) is 28.5 Å². The molecule has 1 N–H and O–H groups in total. The molecule has 10 heteroatoms. The van der Waals surface area contributed by atoms with Crippen LogP contribution in [-0.2, 0) is 29.5 Å². The molecule has 1 aliphatic carbocycles. The number of sulfonamides is 1. The van der Waals surface area contributed by atoms with Crippen molar-refractivity contribution < 1.29 is 27.4 Å². The molecule has 2 heterocycles. The SMILES string of the molecule is CC(F)CN(c1cc2c(cc1OCc1ccc(C(=O)O)cn1)CCC2)S(=O)(=O)c1cccnc1. The molecular weight excluding hydrogens is 461 g/mol. The molecule has 34 heavy (non-hydrogen) atoms. The number of hydrogen-bond donors (Lipinski definition) is 1. The fraction of sp³-hybridized carbons (Fsp3) is 0.292. The first-order chi connectivity index (χ1) is 16.3. The Morgan fingerprint density at radius 2 is 1.97 bits per heavy atom. The highest BCUT2D eigenvalue weighted by molar-refractivity contribution is 7.92. The van der Waals surface area contributed by atoms with Crippen molar-refractivity contribution in [3.63, 3.8) is 0 Å². The molecule has 0 aliphatic heterocycles. The van der Waals surface area contributed by atoms with Gasteiger partial charge in [-0.2, -0.15) is 0 Å². The standard InChI is InChI=1S/C24H24FN3O5S/c1-16(25)14-28(34(31,32)21-6-3-9-26-13-21)22-10-17-4-2-5-18(17)11-23(22)33-15-20-8-7-19(12-27-20)24(29)30/h3,6-13,16H,2,4-5,14-15H2,1H3,(H,29,30). The van der Waals surface area contributed by atoms with Gasteiger partial charge in [0, 0.05) is 18.6 Å². The number of carbonyl (C=O) groups is 1. The Morgan fingerprint density at radius 3 is 2.59 bits per heavy atom. The minimum Gasteiger partial charge on any atom is -0.485 e. The molecule has 1 aliphatic rings. The van der Waals surface area contributed by atoms with E-state index in [0.717, 1.165) is 34.7 Å². The quantitative estimate of drug-likeness (QED) is 0.491. The number of alkyl halides is 1. The van der Waals surface area contributed by atoms with E-state index >= 15 is 0 Å². The summed E-state index contributed by atoms with van der Waals surface area (Å²) in [5.41, 5.74) is 2.82. The summed E-state index contributed by atoms with van der Waals surface area (Å²) in [6, 6.07) is 9.44. The Bertz CT molecular complexity index is 1280. The van der Waals surface area contributed by atoms with Gasteiger partial charge >= 0.3 is 5.97 Å². The fourth-order valence-corrected chi connectivity index (χ4v) is 5.37. The fourth-order valence-electron chi connectivity index (χ4n) is 3.87. The van der Waals surface area contributed by atoms with Gasteiger partial charge in [0.25, 0.3) is 10.0 Å². The van der Waals surface area contributed by atoms with Crippen LogP contribution < -0.4 is 9.04 Å². The monoisotopic (exact) mass is 485 g/mol. The highest BCUT2D eigenvalue weighted by Crippen LogP contribution is 2.38. The summed E-state index contributed by atoms with van der Waals surface area (Å²) in [6.07, 6.45) is 5.07. The third kappa shape index (κ3) is 5.01. The molecule has 0 fully saturated rings. The molecule has 1 unspecified atom stereocenters. The molecular formula is C24H24FN3O5S. The van der Waals surface area contributed by atoms with Crippen LogP contribution in [0.1, 0.15) is 40.5 Å². The van der Waals surface area contributed by atoms with Gasteiger partial charge in [-0.25, -0.2) is 17.6 Å². The molecule has 3 aromatic rings. The number of benzene rings is 1. The zero-order valence-corrected chi connectivity index (χ0v) is 19.3. The van der Waals surface area contributed by atoms with Crippen LogP contribution in [0, 0.1) is 0 Å². The predicted octanol–water partition coefficient (Wildman–Crippen LogP) is 3.80. The molecule has 0 spiro atoms. The number of carboxylic acid groups (broad SMARTS) is 1. The van der Waals surface area contributed by atoms with E-state index in [1.165, 1.54) is 49.8 Å². The topological polar surface area (TPSA) is 110 Å². The Morgan fingerprint density at radius 1 is 1.21 bits per heavy atom. The molecule has 0 bridgehead atoms. The maximum atomic E-state index is 14.2. The first-order valence-corrected chi connectivity index (χ1v) is 12.2. The number of hydrogen-bond acceptors (Lipinski definition) is 6. The van der Waals surface area contributed by atoms with Crippen molar-refractivity contribution in [3.8, 4) is 5.75 Å². The van der Waals surface area contributed by atoms with E-state index in [4.69, 9.17) is 9.84 Å². The lowest BCUT2D eigenvalue weighted by Crippen LogP contribution is -2.36. The number of rotatable bonds is 9. The van der Waals surface area contributed by atoms with Crippen LogP contribution >= 0.6 is 0 Å². The van der Waals surface area contributed by atoms with Gasteiger partial charge in [-0.05, 0) is 73.7 Å². The Hall–Kier alpha value is -3.53. The van der Waals surface area contributed by atoms with E-state index < -0.39 is 28.7 Å². The highest BCUT2D eigenvalue weighted by Gasteiger charge is 2.30. The molecule has 2 aromatic heterocycles. The average molecular weight is 486 g/mol. The van der Waals surface area contributed by atoms with Crippen molar-refractivity contribution in [2.24, 2.45) is 0 Å². The van der Waals surface area contributed by atoms with Crippen molar-refractivity contribution >= 4 is 21.7 Å². The van der Waals surface area contributed by atoms with Crippen molar-refractivity contribution in [2.75, 3.05) is 10.8 Å². The molecule has 0 saturated carbocycles. The van der Waals surface area contributed by atoms with Gasteiger partial charge in [-0.15, -0.1) is 0 Å². The number of carboxylic acids is 1. The molecule has 8 nitrogen and oxygen atoms in total. The smallest absolute Gasteiger partial charge is 0.337 e. The summed E-state index contributed by atoms with van der Waals surface area (Å²) in [7, 11) is -4.12. The summed E-state index contributed by atoms with van der Waals surface area (Å²) in [5.74, 6) is -0.796. The van der Waals surface area contributed by atoms with Gasteiger partial charge < -0.3 is 9.84 Å². The van der Waals surface area contributed by atoms with Crippen molar-refractivity contribution in [1.29, 1.82) is 0 Å². The summed E-state index contributed by atoms with van der Waals surface area (Å²) in [6.45, 7) is 0.892. The highest BCUT2D eigenvalue weighted by atomic mass is 32.2. The first-order valence-electron chi connectivity index (χ1n) is 10.8.